The lowest BCUT2D eigenvalue weighted by molar-refractivity contribution is 0.100. The van der Waals surface area contributed by atoms with Crippen molar-refractivity contribution in [2.45, 2.75) is 53.5 Å². The van der Waals surface area contributed by atoms with Crippen molar-refractivity contribution in [2.24, 2.45) is 16.6 Å². The molecule has 0 spiro atoms. The van der Waals surface area contributed by atoms with Gasteiger partial charge in [0.1, 0.15) is 0 Å². The van der Waals surface area contributed by atoms with Gasteiger partial charge in [-0.3, -0.25) is 4.90 Å². The fourth-order valence-electron chi connectivity index (χ4n) is 2.61. The maximum atomic E-state index is 5.81. The SMILES string of the molecule is CC(C)(CN)CN1CCCC1C(C)(C)C. The van der Waals surface area contributed by atoms with Gasteiger partial charge in [-0.15, -0.1) is 0 Å². The van der Waals surface area contributed by atoms with Gasteiger partial charge < -0.3 is 5.73 Å². The van der Waals surface area contributed by atoms with Crippen LogP contribution in [0.3, 0.4) is 0 Å². The minimum absolute atomic E-state index is 0.258. The third-order valence-corrected chi connectivity index (χ3v) is 3.55. The molecule has 1 saturated heterocycles. The highest BCUT2D eigenvalue weighted by molar-refractivity contribution is 4.90. The maximum Gasteiger partial charge on any atom is 0.0144 e. The summed E-state index contributed by atoms with van der Waals surface area (Å²) in [5, 5.41) is 0. The van der Waals surface area contributed by atoms with E-state index in [9.17, 15) is 0 Å². The monoisotopic (exact) mass is 212 g/mol. The zero-order valence-electron chi connectivity index (χ0n) is 11.1. The van der Waals surface area contributed by atoms with Crippen LogP contribution in [0.25, 0.3) is 0 Å². The van der Waals surface area contributed by atoms with E-state index in [-0.39, 0.29) is 5.41 Å². The van der Waals surface area contributed by atoms with Crippen molar-refractivity contribution < 1.29 is 0 Å². The summed E-state index contributed by atoms with van der Waals surface area (Å²) in [5.74, 6) is 0. The van der Waals surface area contributed by atoms with Gasteiger partial charge in [0.2, 0.25) is 0 Å². The molecular weight excluding hydrogens is 184 g/mol. The van der Waals surface area contributed by atoms with Crippen LogP contribution in [-0.2, 0) is 0 Å². The van der Waals surface area contributed by atoms with E-state index in [0.29, 0.717) is 5.41 Å². The highest BCUT2D eigenvalue weighted by Gasteiger charge is 2.36. The molecular formula is C13H28N2. The second-order valence-corrected chi connectivity index (χ2v) is 6.86. The molecule has 2 nitrogen and oxygen atoms in total. The van der Waals surface area contributed by atoms with Gasteiger partial charge in [0.25, 0.3) is 0 Å². The van der Waals surface area contributed by atoms with Gasteiger partial charge in [0.15, 0.2) is 0 Å². The van der Waals surface area contributed by atoms with E-state index < -0.39 is 0 Å². The van der Waals surface area contributed by atoms with Crippen molar-refractivity contribution in [1.29, 1.82) is 0 Å². The standard InChI is InChI=1S/C13H28N2/c1-12(2,3)11-7-6-8-15(11)10-13(4,5)9-14/h11H,6-10,14H2,1-5H3. The molecule has 0 aromatic heterocycles. The average Bonchev–Trinajstić information content (AvgIpc) is 2.50. The lowest BCUT2D eigenvalue weighted by atomic mass is 9.84. The smallest absolute Gasteiger partial charge is 0.0144 e. The van der Waals surface area contributed by atoms with Crippen molar-refractivity contribution in [1.82, 2.24) is 4.90 Å². The Balaban J connectivity index is 2.62. The van der Waals surface area contributed by atoms with E-state index in [0.717, 1.165) is 19.1 Å². The molecule has 2 heteroatoms. The number of hydrogen-bond donors (Lipinski definition) is 1. The van der Waals surface area contributed by atoms with E-state index in [4.69, 9.17) is 5.73 Å². The number of nitrogens with two attached hydrogens (primary N) is 1. The molecule has 1 rings (SSSR count). The van der Waals surface area contributed by atoms with E-state index in [1.165, 1.54) is 19.4 Å². The second-order valence-electron chi connectivity index (χ2n) is 6.86. The summed E-state index contributed by atoms with van der Waals surface area (Å²) in [5.41, 5.74) is 6.47. The van der Waals surface area contributed by atoms with Crippen LogP contribution in [0.2, 0.25) is 0 Å². The molecule has 0 aromatic carbocycles. The van der Waals surface area contributed by atoms with E-state index in [1.807, 2.05) is 0 Å². The molecule has 15 heavy (non-hydrogen) atoms. The molecule has 1 unspecified atom stereocenters. The first-order valence-electron chi connectivity index (χ1n) is 6.20. The van der Waals surface area contributed by atoms with E-state index in [2.05, 4.69) is 39.5 Å². The molecule has 1 atom stereocenters. The third-order valence-electron chi connectivity index (χ3n) is 3.55. The van der Waals surface area contributed by atoms with Crippen LogP contribution in [0, 0.1) is 10.8 Å². The molecule has 0 aromatic rings. The van der Waals surface area contributed by atoms with Crippen LogP contribution >= 0.6 is 0 Å². The summed E-state index contributed by atoms with van der Waals surface area (Å²) in [6.45, 7) is 14.8. The van der Waals surface area contributed by atoms with Gasteiger partial charge in [-0.1, -0.05) is 34.6 Å². The van der Waals surface area contributed by atoms with Crippen LogP contribution in [0.15, 0.2) is 0 Å². The van der Waals surface area contributed by atoms with Crippen molar-refractivity contribution >= 4 is 0 Å². The average molecular weight is 212 g/mol. The van der Waals surface area contributed by atoms with Gasteiger partial charge in [0, 0.05) is 12.6 Å². The topological polar surface area (TPSA) is 29.3 Å². The van der Waals surface area contributed by atoms with Crippen LogP contribution in [0.4, 0.5) is 0 Å². The van der Waals surface area contributed by atoms with Crippen molar-refractivity contribution in [2.75, 3.05) is 19.6 Å². The molecule has 0 bridgehead atoms. The number of rotatable bonds is 3. The summed E-state index contributed by atoms with van der Waals surface area (Å²) in [6.07, 6.45) is 2.70. The summed E-state index contributed by atoms with van der Waals surface area (Å²) in [4.78, 5) is 2.65. The van der Waals surface area contributed by atoms with Gasteiger partial charge in [-0.2, -0.15) is 0 Å². The largest absolute Gasteiger partial charge is 0.330 e. The van der Waals surface area contributed by atoms with Gasteiger partial charge in [-0.05, 0) is 36.8 Å². The minimum Gasteiger partial charge on any atom is -0.330 e. The third kappa shape index (κ3) is 3.46. The molecule has 1 heterocycles. The predicted molar refractivity (Wildman–Crippen MR) is 66.9 cm³/mol. The first-order chi connectivity index (χ1) is 6.76. The first-order valence-corrected chi connectivity index (χ1v) is 6.20. The Morgan fingerprint density at radius 1 is 1.20 bits per heavy atom. The van der Waals surface area contributed by atoms with Crippen LogP contribution < -0.4 is 5.73 Å². The zero-order valence-corrected chi connectivity index (χ0v) is 11.1. The Morgan fingerprint density at radius 3 is 2.27 bits per heavy atom. The van der Waals surface area contributed by atoms with Gasteiger partial charge in [0.05, 0.1) is 0 Å². The number of nitrogens with zero attached hydrogens (tertiary/aromatic N) is 1. The molecule has 1 aliphatic heterocycles. The maximum absolute atomic E-state index is 5.81. The minimum atomic E-state index is 0.258. The molecule has 1 fully saturated rings. The Hall–Kier alpha value is -0.0800. The lowest BCUT2D eigenvalue weighted by Gasteiger charge is -2.39. The summed E-state index contributed by atoms with van der Waals surface area (Å²) in [6, 6.07) is 0.739. The number of hydrogen-bond acceptors (Lipinski definition) is 2. The van der Waals surface area contributed by atoms with Crippen LogP contribution in [0.5, 0.6) is 0 Å². The molecule has 90 valence electrons. The predicted octanol–water partition coefficient (Wildman–Crippen LogP) is 2.48. The quantitative estimate of drug-likeness (QED) is 0.779. The summed E-state index contributed by atoms with van der Waals surface area (Å²) < 4.78 is 0. The highest BCUT2D eigenvalue weighted by atomic mass is 15.2. The highest BCUT2D eigenvalue weighted by Crippen LogP contribution is 2.34. The summed E-state index contributed by atoms with van der Waals surface area (Å²) in [7, 11) is 0. The van der Waals surface area contributed by atoms with E-state index in [1.54, 1.807) is 0 Å². The van der Waals surface area contributed by atoms with Crippen molar-refractivity contribution in [3.05, 3.63) is 0 Å². The Morgan fingerprint density at radius 2 is 1.80 bits per heavy atom. The van der Waals surface area contributed by atoms with Crippen LogP contribution in [0.1, 0.15) is 47.5 Å². The van der Waals surface area contributed by atoms with Crippen LogP contribution in [-0.4, -0.2) is 30.6 Å². The Kier molecular flexibility index (Phi) is 3.83. The molecule has 0 saturated carbocycles. The number of likely N-dealkylation sites (tertiary alicyclic amines) is 1. The van der Waals surface area contributed by atoms with E-state index >= 15 is 0 Å². The fourth-order valence-corrected chi connectivity index (χ4v) is 2.61. The molecule has 0 radical (unpaired) electrons. The molecule has 0 amide bonds. The summed E-state index contributed by atoms with van der Waals surface area (Å²) >= 11 is 0. The fraction of sp³-hybridized carbons (Fsp3) is 1.00. The van der Waals surface area contributed by atoms with Gasteiger partial charge >= 0.3 is 0 Å². The Bertz CT molecular complexity index is 203. The zero-order chi connectivity index (χ0) is 11.7. The second kappa shape index (κ2) is 4.42. The lowest BCUT2D eigenvalue weighted by Crippen LogP contribution is -2.45. The molecule has 0 aliphatic carbocycles. The first kappa shape index (κ1) is 13.0. The molecule has 1 aliphatic rings. The van der Waals surface area contributed by atoms with Crippen molar-refractivity contribution in [3.63, 3.8) is 0 Å². The normalized spacial score (nSPS) is 24.8. The van der Waals surface area contributed by atoms with Crippen molar-refractivity contribution in [3.8, 4) is 0 Å². The van der Waals surface area contributed by atoms with Gasteiger partial charge in [-0.25, -0.2) is 0 Å². The molecule has 2 N–H and O–H groups in total. The Labute approximate surface area is 95.2 Å².